The van der Waals surface area contributed by atoms with Crippen molar-refractivity contribution in [3.05, 3.63) is 34.3 Å². The lowest BCUT2D eigenvalue weighted by Crippen LogP contribution is -2.35. The summed E-state index contributed by atoms with van der Waals surface area (Å²) in [5, 5.41) is 22.0. The van der Waals surface area contributed by atoms with Crippen LogP contribution in [0.15, 0.2) is 18.2 Å². The van der Waals surface area contributed by atoms with E-state index < -0.39 is 7.12 Å². The van der Waals surface area contributed by atoms with Gasteiger partial charge in [0.15, 0.2) is 0 Å². The summed E-state index contributed by atoms with van der Waals surface area (Å²) in [5.74, 6) is 0. The summed E-state index contributed by atoms with van der Waals surface area (Å²) in [7, 11) is 0.847. The lowest BCUT2D eigenvalue weighted by atomic mass is 9.83. The fraction of sp³-hybridized carbons (Fsp3) is 0.611. The molecule has 3 N–H and O–H groups in total. The van der Waals surface area contributed by atoms with Gasteiger partial charge in [0, 0.05) is 24.2 Å². The van der Waals surface area contributed by atoms with Gasteiger partial charge in [0.2, 0.25) is 0 Å². The maximum absolute atomic E-state index is 8.87. The number of fused-ring (bicyclic) bond motifs is 1. The second-order valence-electron chi connectivity index (χ2n) is 6.53. The molecule has 2 rings (SSSR count). The number of unbranched alkanes of at least 4 members (excludes halogenated alkanes) is 1. The second-order valence-corrected chi connectivity index (χ2v) is 6.93. The summed E-state index contributed by atoms with van der Waals surface area (Å²) in [6.07, 6.45) is 5.86. The molecule has 0 aromatic heterocycles. The van der Waals surface area contributed by atoms with E-state index in [4.69, 9.17) is 31.2 Å². The molecule has 0 radical (unpaired) electrons. The normalized spacial score (nSPS) is 14.6. The largest absolute Gasteiger partial charge is 0.451 e. The Hall–Kier alpha value is -1.21. The van der Waals surface area contributed by atoms with Crippen molar-refractivity contribution < 1.29 is 19.6 Å². The molecule has 26 heavy (non-hydrogen) atoms. The minimum absolute atomic E-state index is 0.250. The fourth-order valence-electron chi connectivity index (χ4n) is 3.30. The molecule has 1 aromatic carbocycles. The molecule has 0 bridgehead atoms. The Labute approximate surface area is 160 Å². The number of nitrogens with zero attached hydrogens (tertiary/aromatic N) is 1. The van der Waals surface area contributed by atoms with Crippen molar-refractivity contribution in [2.75, 3.05) is 20.1 Å². The van der Waals surface area contributed by atoms with E-state index in [0.717, 1.165) is 56.8 Å². The summed E-state index contributed by atoms with van der Waals surface area (Å²) < 4.78 is 0. The smallest absolute Gasteiger partial charge is 0.427 e. The van der Waals surface area contributed by atoms with E-state index in [-0.39, 0.29) is 6.15 Å². The van der Waals surface area contributed by atoms with E-state index in [1.54, 1.807) is 0 Å². The summed E-state index contributed by atoms with van der Waals surface area (Å²) in [5.41, 5.74) is 2.68. The molecule has 1 heterocycles. The van der Waals surface area contributed by atoms with Crippen LogP contribution in [0.4, 0.5) is 0 Å². The minimum Gasteiger partial charge on any atom is -0.427 e. The van der Waals surface area contributed by atoms with Crippen molar-refractivity contribution in [2.45, 2.75) is 51.0 Å². The van der Waals surface area contributed by atoms with E-state index in [9.17, 15) is 0 Å². The predicted octanol–water partition coefficient (Wildman–Crippen LogP) is 1.74. The number of hydrogen-bond donors (Lipinski definition) is 3. The summed E-state index contributed by atoms with van der Waals surface area (Å²) in [6, 6.07) is 6.70. The standard InChI is InChI=1S/C17H28BClN2O2.CO2/c1-20-15(6-2-3-10-18(22)23)8-11-21-12-9-16-14(13-21)5-4-7-17(16)19;2-1-3/h4-5,7,15,20,22-23H,2-3,6,8-13H2,1H3;. The highest BCUT2D eigenvalue weighted by atomic mass is 35.5. The van der Waals surface area contributed by atoms with Gasteiger partial charge in [-0.1, -0.05) is 36.6 Å². The topological polar surface area (TPSA) is 89.9 Å². The highest BCUT2D eigenvalue weighted by Crippen LogP contribution is 2.26. The van der Waals surface area contributed by atoms with Gasteiger partial charge in [-0.05, 0) is 56.4 Å². The first-order valence-corrected chi connectivity index (χ1v) is 9.40. The van der Waals surface area contributed by atoms with Crippen LogP contribution in [0.5, 0.6) is 0 Å². The minimum atomic E-state index is -1.16. The quantitative estimate of drug-likeness (QED) is 0.445. The molecule has 1 aliphatic rings. The van der Waals surface area contributed by atoms with Crippen LogP contribution < -0.4 is 5.32 Å². The summed E-state index contributed by atoms with van der Waals surface area (Å²) in [6.45, 7) is 3.15. The molecule has 8 heteroatoms. The number of halogens is 1. The first-order chi connectivity index (χ1) is 12.5. The van der Waals surface area contributed by atoms with E-state index in [1.807, 2.05) is 19.2 Å². The number of carbonyl (C=O) groups excluding carboxylic acids is 2. The van der Waals surface area contributed by atoms with Gasteiger partial charge in [-0.2, -0.15) is 9.59 Å². The molecule has 0 fully saturated rings. The van der Waals surface area contributed by atoms with E-state index >= 15 is 0 Å². The van der Waals surface area contributed by atoms with Crippen LogP contribution >= 0.6 is 11.6 Å². The maximum Gasteiger partial charge on any atom is 0.451 e. The van der Waals surface area contributed by atoms with Crippen LogP contribution in [-0.4, -0.2) is 54.4 Å². The van der Waals surface area contributed by atoms with Crippen LogP contribution in [0.2, 0.25) is 11.3 Å². The van der Waals surface area contributed by atoms with Crippen LogP contribution in [0.25, 0.3) is 0 Å². The molecule has 0 aliphatic carbocycles. The SMILES string of the molecule is CNC(CCCCB(O)O)CCN1CCc2c(Cl)cccc2C1.O=C=O. The van der Waals surface area contributed by atoms with Crippen LogP contribution in [0, 0.1) is 0 Å². The van der Waals surface area contributed by atoms with Gasteiger partial charge in [-0.25, -0.2) is 0 Å². The summed E-state index contributed by atoms with van der Waals surface area (Å²) >= 11 is 6.27. The van der Waals surface area contributed by atoms with Gasteiger partial charge >= 0.3 is 13.3 Å². The molecule has 0 amide bonds. The Bertz CT molecular complexity index is 568. The van der Waals surface area contributed by atoms with Gasteiger partial charge in [0.05, 0.1) is 0 Å². The zero-order valence-electron chi connectivity index (χ0n) is 15.3. The Balaban J connectivity index is 0.00000105. The van der Waals surface area contributed by atoms with Crippen molar-refractivity contribution in [3.63, 3.8) is 0 Å². The Kier molecular flexibility index (Phi) is 11.5. The first kappa shape index (κ1) is 22.8. The predicted molar refractivity (Wildman–Crippen MR) is 102 cm³/mol. The van der Waals surface area contributed by atoms with Crippen molar-refractivity contribution >= 4 is 24.9 Å². The summed E-state index contributed by atoms with van der Waals surface area (Å²) in [4.78, 5) is 18.8. The first-order valence-electron chi connectivity index (χ1n) is 9.03. The number of benzene rings is 1. The van der Waals surface area contributed by atoms with Crippen LogP contribution in [0.1, 0.15) is 36.8 Å². The number of nitrogens with one attached hydrogen (secondary N) is 1. The molecule has 1 aliphatic heterocycles. The average molecular weight is 383 g/mol. The van der Waals surface area contributed by atoms with Crippen molar-refractivity contribution in [1.29, 1.82) is 0 Å². The third kappa shape index (κ3) is 8.45. The third-order valence-electron chi connectivity index (χ3n) is 4.75. The molecule has 0 spiro atoms. The molecular weight excluding hydrogens is 354 g/mol. The van der Waals surface area contributed by atoms with Crippen molar-refractivity contribution in [2.24, 2.45) is 0 Å². The highest BCUT2D eigenvalue weighted by molar-refractivity contribution is 6.40. The van der Waals surface area contributed by atoms with Crippen molar-refractivity contribution in [3.8, 4) is 0 Å². The molecular formula is C18H28BClN2O4. The lowest BCUT2D eigenvalue weighted by molar-refractivity contribution is -0.191. The second kappa shape index (κ2) is 13.0. The Morgan fingerprint density at radius 2 is 2.04 bits per heavy atom. The molecule has 0 saturated carbocycles. The number of hydrogen-bond acceptors (Lipinski definition) is 6. The molecule has 0 saturated heterocycles. The van der Waals surface area contributed by atoms with E-state index in [1.165, 1.54) is 11.1 Å². The van der Waals surface area contributed by atoms with Crippen LogP contribution in [-0.2, 0) is 22.6 Å². The average Bonchev–Trinajstić information content (AvgIpc) is 2.61. The maximum atomic E-state index is 8.87. The third-order valence-corrected chi connectivity index (χ3v) is 5.11. The van der Waals surface area contributed by atoms with Gasteiger partial charge < -0.3 is 15.4 Å². The van der Waals surface area contributed by atoms with Gasteiger partial charge in [-0.3, -0.25) is 4.90 Å². The zero-order chi connectivity index (χ0) is 19.4. The highest BCUT2D eigenvalue weighted by Gasteiger charge is 2.19. The van der Waals surface area contributed by atoms with Gasteiger partial charge in [0.25, 0.3) is 0 Å². The molecule has 6 nitrogen and oxygen atoms in total. The van der Waals surface area contributed by atoms with E-state index in [0.29, 0.717) is 12.4 Å². The molecule has 1 unspecified atom stereocenters. The zero-order valence-corrected chi connectivity index (χ0v) is 16.0. The molecule has 1 atom stereocenters. The Morgan fingerprint density at radius 1 is 1.31 bits per heavy atom. The van der Waals surface area contributed by atoms with Crippen molar-refractivity contribution in [1.82, 2.24) is 10.2 Å². The fourth-order valence-corrected chi connectivity index (χ4v) is 3.59. The van der Waals surface area contributed by atoms with E-state index in [2.05, 4.69) is 16.3 Å². The van der Waals surface area contributed by atoms with Gasteiger partial charge in [-0.15, -0.1) is 0 Å². The number of rotatable bonds is 9. The Morgan fingerprint density at radius 3 is 2.69 bits per heavy atom. The van der Waals surface area contributed by atoms with Gasteiger partial charge in [0.1, 0.15) is 0 Å². The monoisotopic (exact) mass is 382 g/mol. The molecule has 144 valence electrons. The van der Waals surface area contributed by atoms with Crippen LogP contribution in [0.3, 0.4) is 0 Å². The lowest BCUT2D eigenvalue weighted by Gasteiger charge is -2.30. The molecule has 1 aromatic rings.